The van der Waals surface area contributed by atoms with Gasteiger partial charge in [0.05, 0.1) is 9.88 Å². The van der Waals surface area contributed by atoms with Crippen LogP contribution in [0.4, 0.5) is 11.4 Å². The molecule has 2 aromatic carbocycles. The van der Waals surface area contributed by atoms with Gasteiger partial charge in [-0.25, -0.2) is 4.98 Å². The van der Waals surface area contributed by atoms with Gasteiger partial charge in [0.25, 0.3) is 0 Å². The van der Waals surface area contributed by atoms with Crippen molar-refractivity contribution in [1.29, 1.82) is 0 Å². The van der Waals surface area contributed by atoms with Crippen LogP contribution in [0.1, 0.15) is 41.3 Å². The van der Waals surface area contributed by atoms with Crippen molar-refractivity contribution in [2.24, 2.45) is 0 Å². The van der Waals surface area contributed by atoms with E-state index in [0.717, 1.165) is 5.01 Å². The fourth-order valence-electron chi connectivity index (χ4n) is 4.55. The van der Waals surface area contributed by atoms with E-state index >= 15 is 0 Å². The second-order valence-electron chi connectivity index (χ2n) is 7.33. The maximum absolute atomic E-state index is 4.43. The van der Waals surface area contributed by atoms with Crippen LogP contribution in [0.3, 0.4) is 0 Å². The van der Waals surface area contributed by atoms with Crippen molar-refractivity contribution >= 4 is 22.7 Å². The van der Waals surface area contributed by atoms with Crippen LogP contribution in [0.15, 0.2) is 48.7 Å². The molecule has 0 bridgehead atoms. The molecule has 0 saturated heterocycles. The molecule has 1 aliphatic carbocycles. The number of benzene rings is 2. The van der Waals surface area contributed by atoms with E-state index in [9.17, 15) is 0 Å². The molecule has 2 heterocycles. The van der Waals surface area contributed by atoms with Gasteiger partial charge in [-0.3, -0.25) is 0 Å². The number of aryl methyl sites for hydroxylation is 2. The molecule has 1 fully saturated rings. The van der Waals surface area contributed by atoms with Gasteiger partial charge in [-0.05, 0) is 62.1 Å². The first kappa shape index (κ1) is 15.2. The molecule has 0 N–H and O–H groups in total. The fraction of sp³-hybridized carbons (Fsp3) is 0.318. The van der Waals surface area contributed by atoms with Crippen molar-refractivity contribution < 1.29 is 0 Å². The summed E-state index contributed by atoms with van der Waals surface area (Å²) < 4.78 is 0. The van der Waals surface area contributed by atoms with E-state index in [2.05, 4.69) is 66.2 Å². The number of hydrogen-bond acceptors (Lipinski definition) is 3. The smallest absolute Gasteiger partial charge is 0.0900 e. The highest BCUT2D eigenvalue weighted by Crippen LogP contribution is 2.53. The number of rotatable bonds is 2. The number of nitrogens with zero attached hydrogens (tertiary/aromatic N) is 2. The average Bonchev–Trinajstić information content (AvgIpc) is 3.31. The van der Waals surface area contributed by atoms with Crippen LogP contribution in [0, 0.1) is 13.8 Å². The van der Waals surface area contributed by atoms with Gasteiger partial charge in [0.2, 0.25) is 0 Å². The molecule has 3 heteroatoms. The van der Waals surface area contributed by atoms with E-state index in [1.165, 1.54) is 52.2 Å². The Balaban J connectivity index is 1.61. The number of anilines is 2. The Morgan fingerprint density at radius 2 is 1.88 bits per heavy atom. The molecule has 2 nitrogen and oxygen atoms in total. The van der Waals surface area contributed by atoms with Gasteiger partial charge in [0.1, 0.15) is 0 Å². The zero-order chi connectivity index (χ0) is 17.0. The van der Waals surface area contributed by atoms with E-state index in [0.29, 0.717) is 12.0 Å². The van der Waals surface area contributed by atoms with Crippen molar-refractivity contribution in [3.05, 3.63) is 64.8 Å². The Morgan fingerprint density at radius 1 is 1.04 bits per heavy atom. The Hall–Kier alpha value is -2.13. The summed E-state index contributed by atoms with van der Waals surface area (Å²) in [6, 6.07) is 16.7. The molecule has 0 amide bonds. The van der Waals surface area contributed by atoms with Gasteiger partial charge in [-0.2, -0.15) is 0 Å². The minimum Gasteiger partial charge on any atom is -0.338 e. The first-order valence-corrected chi connectivity index (χ1v) is 9.95. The van der Waals surface area contributed by atoms with Crippen LogP contribution < -0.4 is 4.90 Å². The first-order valence-electron chi connectivity index (χ1n) is 9.13. The van der Waals surface area contributed by atoms with Crippen molar-refractivity contribution in [1.82, 2.24) is 4.98 Å². The van der Waals surface area contributed by atoms with E-state index in [1.807, 2.05) is 6.20 Å². The lowest BCUT2D eigenvalue weighted by molar-refractivity contribution is 0.642. The molecule has 126 valence electrons. The molecule has 2 atom stereocenters. The molecule has 0 spiro atoms. The average molecular weight is 346 g/mol. The number of hydrogen-bond donors (Lipinski definition) is 0. The van der Waals surface area contributed by atoms with Gasteiger partial charge in [-0.1, -0.05) is 30.2 Å². The molecule has 2 unspecified atom stereocenters. The summed E-state index contributed by atoms with van der Waals surface area (Å²) in [6.45, 7) is 4.23. The largest absolute Gasteiger partial charge is 0.338 e. The summed E-state index contributed by atoms with van der Waals surface area (Å²) in [5, 5.41) is 1.13. The highest BCUT2D eigenvalue weighted by atomic mass is 32.1. The van der Waals surface area contributed by atoms with Crippen molar-refractivity contribution in [2.75, 3.05) is 4.90 Å². The van der Waals surface area contributed by atoms with Gasteiger partial charge < -0.3 is 4.90 Å². The van der Waals surface area contributed by atoms with E-state index in [4.69, 9.17) is 0 Å². The van der Waals surface area contributed by atoms with Crippen LogP contribution in [-0.2, 0) is 0 Å². The van der Waals surface area contributed by atoms with Gasteiger partial charge >= 0.3 is 0 Å². The Morgan fingerprint density at radius 3 is 2.64 bits per heavy atom. The monoisotopic (exact) mass is 346 g/mol. The molecule has 5 rings (SSSR count). The molecule has 1 saturated carbocycles. The molecule has 0 radical (unpaired) electrons. The lowest BCUT2D eigenvalue weighted by atomic mass is 9.96. The highest BCUT2D eigenvalue weighted by Gasteiger charge is 2.42. The normalized spacial score (nSPS) is 21.4. The van der Waals surface area contributed by atoms with Crippen LogP contribution in [0.25, 0.3) is 10.4 Å². The summed E-state index contributed by atoms with van der Waals surface area (Å²) in [4.78, 5) is 8.30. The lowest BCUT2D eigenvalue weighted by Crippen LogP contribution is -2.26. The summed E-state index contributed by atoms with van der Waals surface area (Å²) in [5.41, 5.74) is 6.92. The SMILES string of the molecule is Cc1ccc(N2c3ccc(-c4cnc(C)s4)cc3C3CCCC32)cc1. The van der Waals surface area contributed by atoms with E-state index < -0.39 is 0 Å². The maximum Gasteiger partial charge on any atom is 0.0900 e. The number of fused-ring (bicyclic) bond motifs is 3. The third kappa shape index (κ3) is 2.41. The summed E-state index contributed by atoms with van der Waals surface area (Å²) in [5.74, 6) is 0.672. The topological polar surface area (TPSA) is 16.1 Å². The molecule has 25 heavy (non-hydrogen) atoms. The zero-order valence-electron chi connectivity index (χ0n) is 14.7. The van der Waals surface area contributed by atoms with Crippen LogP contribution >= 0.6 is 11.3 Å². The fourth-order valence-corrected chi connectivity index (χ4v) is 5.32. The second kappa shape index (κ2) is 5.70. The second-order valence-corrected chi connectivity index (χ2v) is 8.56. The van der Waals surface area contributed by atoms with Gasteiger partial charge in [0.15, 0.2) is 0 Å². The Bertz CT molecular complexity index is 925. The number of thiazole rings is 1. The third-order valence-corrected chi connectivity index (χ3v) is 6.68. The van der Waals surface area contributed by atoms with Crippen molar-refractivity contribution in [3.8, 4) is 10.4 Å². The standard InChI is InChI=1S/C22H22N2S/c1-14-6-9-17(10-7-14)24-20-5-3-4-18(20)19-12-16(8-11-21(19)24)22-13-23-15(2)25-22/h6-13,18,20H,3-5H2,1-2H3. The van der Waals surface area contributed by atoms with Crippen LogP contribution in [-0.4, -0.2) is 11.0 Å². The Kier molecular flexibility index (Phi) is 3.46. The summed E-state index contributed by atoms with van der Waals surface area (Å²) in [6.07, 6.45) is 5.95. The molecule has 3 aromatic rings. The molecular weight excluding hydrogens is 324 g/mol. The van der Waals surface area contributed by atoms with Crippen molar-refractivity contribution in [2.45, 2.75) is 45.1 Å². The minimum atomic E-state index is 0.621. The molecule has 1 aromatic heterocycles. The third-order valence-electron chi connectivity index (χ3n) is 5.72. The maximum atomic E-state index is 4.43. The predicted octanol–water partition coefficient (Wildman–Crippen LogP) is 6.21. The van der Waals surface area contributed by atoms with Gasteiger partial charge in [-0.15, -0.1) is 11.3 Å². The van der Waals surface area contributed by atoms with Gasteiger partial charge in [0, 0.05) is 29.5 Å². The zero-order valence-corrected chi connectivity index (χ0v) is 15.5. The summed E-state index contributed by atoms with van der Waals surface area (Å²) in [7, 11) is 0. The van der Waals surface area contributed by atoms with E-state index in [1.54, 1.807) is 11.3 Å². The van der Waals surface area contributed by atoms with Crippen LogP contribution in [0.5, 0.6) is 0 Å². The summed E-state index contributed by atoms with van der Waals surface area (Å²) >= 11 is 1.79. The molecular formula is C22H22N2S. The number of aromatic nitrogens is 1. The van der Waals surface area contributed by atoms with Crippen LogP contribution in [0.2, 0.25) is 0 Å². The predicted molar refractivity (Wildman–Crippen MR) is 106 cm³/mol. The van der Waals surface area contributed by atoms with Crippen molar-refractivity contribution in [3.63, 3.8) is 0 Å². The molecule has 2 aliphatic rings. The molecule has 1 aliphatic heterocycles. The minimum absolute atomic E-state index is 0.621. The quantitative estimate of drug-likeness (QED) is 0.548. The first-order chi connectivity index (χ1) is 12.2. The Labute approximate surface area is 153 Å². The van der Waals surface area contributed by atoms with E-state index in [-0.39, 0.29) is 0 Å². The highest BCUT2D eigenvalue weighted by molar-refractivity contribution is 7.15. The lowest BCUT2D eigenvalue weighted by Gasteiger charge is -2.27.